The summed E-state index contributed by atoms with van der Waals surface area (Å²) < 4.78 is 0. The molecule has 0 radical (unpaired) electrons. The highest BCUT2D eigenvalue weighted by Gasteiger charge is 2.47. The number of aryl methyl sites for hydroxylation is 2. The van der Waals surface area contributed by atoms with Gasteiger partial charge in [-0.15, -0.1) is 0 Å². The van der Waals surface area contributed by atoms with Crippen LogP contribution in [-0.2, 0) is 5.41 Å². The van der Waals surface area contributed by atoms with E-state index in [9.17, 15) is 0 Å². The summed E-state index contributed by atoms with van der Waals surface area (Å²) in [5, 5.41) is 2.58. The molecule has 0 N–H and O–H groups in total. The van der Waals surface area contributed by atoms with Gasteiger partial charge in [0.15, 0.2) is 0 Å². The van der Waals surface area contributed by atoms with Gasteiger partial charge in [0.25, 0.3) is 0 Å². The van der Waals surface area contributed by atoms with E-state index in [0.717, 1.165) is 18.3 Å². The molecule has 0 heteroatoms. The van der Waals surface area contributed by atoms with E-state index in [1.807, 2.05) is 19.9 Å². The van der Waals surface area contributed by atoms with E-state index in [4.69, 9.17) is 0 Å². The molecule has 0 saturated heterocycles. The first-order valence-electron chi connectivity index (χ1n) is 23.2. The van der Waals surface area contributed by atoms with E-state index in [1.165, 1.54) is 101 Å². The zero-order valence-electron chi connectivity index (χ0n) is 37.9. The number of fused-ring (bicyclic) bond motifs is 7. The Bertz CT molecular complexity index is 3050. The molecule has 4 aliphatic carbocycles. The van der Waals surface area contributed by atoms with Crippen molar-refractivity contribution < 1.29 is 0 Å². The van der Waals surface area contributed by atoms with Crippen molar-refractivity contribution in [3.05, 3.63) is 274 Å². The highest BCUT2D eigenvalue weighted by molar-refractivity contribution is 5.90. The molecular weight excluding hydrogens is 769 g/mol. The molecule has 0 bridgehead atoms. The van der Waals surface area contributed by atoms with Gasteiger partial charge in [-0.1, -0.05) is 243 Å². The first-order chi connectivity index (χ1) is 31.5. The Morgan fingerprint density at radius 2 is 1.12 bits per heavy atom. The summed E-state index contributed by atoms with van der Waals surface area (Å²) in [6.07, 6.45) is 15.9. The molecule has 0 aromatic heterocycles. The number of allylic oxidation sites excluding steroid dienone is 7. The first kappa shape index (κ1) is 42.3. The molecule has 0 nitrogen and oxygen atoms in total. The Morgan fingerprint density at radius 1 is 0.469 bits per heavy atom. The van der Waals surface area contributed by atoms with Gasteiger partial charge in [-0.3, -0.25) is 0 Å². The standard InChI is InChI=1S/C35H26.C14H14.C13H12.C2H6/c1-22-10-16-31-30-8-4-5-9-33(30)35(34(31)18-22,27-14-13-23-6-2-3-7-24(23)19-27)28-15-17-29-25(20-28)11-12-26-21-32(26)29;1-12-6-5-9-14(11-10-12)13-7-3-2-4-8-13;1-11-6-5-9-13(10-11)12-7-3-2-4-8-12;1-2/h2-20,26,32H,21H2,1H3;2-8,10-11H,9H2,1H3;2-10H,1H3;1-2H3/t26-,32?,35?;;;/m0.../s1. The molecule has 1 fully saturated rings. The predicted molar refractivity (Wildman–Crippen MR) is 276 cm³/mol. The summed E-state index contributed by atoms with van der Waals surface area (Å²) in [6.45, 7) is 10.5. The van der Waals surface area contributed by atoms with Crippen LogP contribution in [0.3, 0.4) is 0 Å². The molecule has 314 valence electrons. The summed E-state index contributed by atoms with van der Waals surface area (Å²) in [5.74, 6) is 1.49. The summed E-state index contributed by atoms with van der Waals surface area (Å²) in [7, 11) is 0. The Kier molecular flexibility index (Phi) is 12.4. The highest BCUT2D eigenvalue weighted by Crippen LogP contribution is 2.58. The van der Waals surface area contributed by atoms with Crippen molar-refractivity contribution in [1.82, 2.24) is 0 Å². The van der Waals surface area contributed by atoms with Crippen molar-refractivity contribution in [2.75, 3.05) is 0 Å². The Morgan fingerprint density at radius 3 is 1.92 bits per heavy atom. The number of hydrogen-bond acceptors (Lipinski definition) is 0. The van der Waals surface area contributed by atoms with Crippen molar-refractivity contribution in [2.24, 2.45) is 5.92 Å². The van der Waals surface area contributed by atoms with Gasteiger partial charge in [-0.05, 0) is 135 Å². The lowest BCUT2D eigenvalue weighted by atomic mass is 9.66. The number of rotatable bonds is 4. The maximum Gasteiger partial charge on any atom is 0.0714 e. The second-order valence-electron chi connectivity index (χ2n) is 17.4. The van der Waals surface area contributed by atoms with Crippen LogP contribution in [0, 0.1) is 19.8 Å². The summed E-state index contributed by atoms with van der Waals surface area (Å²) in [6, 6.07) is 68.8. The monoisotopic (exact) mass is 826 g/mol. The quantitative estimate of drug-likeness (QED) is 0.166. The van der Waals surface area contributed by atoms with Crippen LogP contribution < -0.4 is 0 Å². The lowest BCUT2D eigenvalue weighted by molar-refractivity contribution is 0.767. The minimum absolute atomic E-state index is 0.342. The Hall–Kier alpha value is -7.02. The molecule has 0 amide bonds. The molecule has 0 spiro atoms. The van der Waals surface area contributed by atoms with Crippen molar-refractivity contribution in [1.29, 1.82) is 0 Å². The fourth-order valence-corrected chi connectivity index (χ4v) is 9.96. The predicted octanol–water partition coefficient (Wildman–Crippen LogP) is 17.3. The molecule has 0 heterocycles. The van der Waals surface area contributed by atoms with E-state index in [-0.39, 0.29) is 5.41 Å². The van der Waals surface area contributed by atoms with Gasteiger partial charge in [0.05, 0.1) is 5.41 Å². The zero-order valence-corrected chi connectivity index (χ0v) is 37.9. The SMILES string of the molecule is CC.CC1=CC=C(c2ccccc2)CC=C1.Cc1ccc2c(c1)C(c1ccc3c(c1)C=C[C@H]1CC31)(c1ccc3ccccc3c1)c1ccccc1-2.Cc1cccc(-c2ccccc2)c1. The number of benzene rings is 8. The van der Waals surface area contributed by atoms with Gasteiger partial charge in [-0.25, -0.2) is 0 Å². The molecule has 4 aliphatic rings. The summed E-state index contributed by atoms with van der Waals surface area (Å²) >= 11 is 0. The van der Waals surface area contributed by atoms with E-state index >= 15 is 0 Å². The average molecular weight is 827 g/mol. The third-order valence-electron chi connectivity index (χ3n) is 13.2. The molecule has 64 heavy (non-hydrogen) atoms. The van der Waals surface area contributed by atoms with E-state index in [1.54, 1.807) is 0 Å². The largest absolute Gasteiger partial charge is 0.0802 e. The zero-order chi connectivity index (χ0) is 44.0. The molecule has 12 rings (SSSR count). The smallest absolute Gasteiger partial charge is 0.0714 e. The van der Waals surface area contributed by atoms with Gasteiger partial charge < -0.3 is 0 Å². The van der Waals surface area contributed by atoms with E-state index in [2.05, 4.69) is 239 Å². The second-order valence-corrected chi connectivity index (χ2v) is 17.4. The van der Waals surface area contributed by atoms with Gasteiger partial charge in [0.2, 0.25) is 0 Å². The van der Waals surface area contributed by atoms with Crippen LogP contribution in [0.4, 0.5) is 0 Å². The van der Waals surface area contributed by atoms with Crippen LogP contribution in [-0.4, -0.2) is 0 Å². The minimum Gasteiger partial charge on any atom is -0.0802 e. The van der Waals surface area contributed by atoms with Crippen molar-refractivity contribution in [3.63, 3.8) is 0 Å². The van der Waals surface area contributed by atoms with Gasteiger partial charge >= 0.3 is 0 Å². The fourth-order valence-electron chi connectivity index (χ4n) is 9.96. The molecule has 1 saturated carbocycles. The third-order valence-corrected chi connectivity index (χ3v) is 13.2. The molecule has 0 aliphatic heterocycles. The Labute approximate surface area is 381 Å². The highest BCUT2D eigenvalue weighted by atomic mass is 14.5. The van der Waals surface area contributed by atoms with Gasteiger partial charge in [0.1, 0.15) is 0 Å². The van der Waals surface area contributed by atoms with Crippen LogP contribution in [0.2, 0.25) is 0 Å². The maximum absolute atomic E-state index is 2.49. The van der Waals surface area contributed by atoms with Crippen LogP contribution in [0.15, 0.2) is 224 Å². The van der Waals surface area contributed by atoms with E-state index in [0.29, 0.717) is 0 Å². The van der Waals surface area contributed by atoms with Crippen molar-refractivity contribution in [2.45, 2.75) is 58.8 Å². The fraction of sp³-hybridized carbons (Fsp3) is 0.156. The topological polar surface area (TPSA) is 0 Å². The normalized spacial score (nSPS) is 18.1. The van der Waals surface area contributed by atoms with E-state index < -0.39 is 0 Å². The first-order valence-corrected chi connectivity index (χ1v) is 23.2. The van der Waals surface area contributed by atoms with Gasteiger partial charge in [0, 0.05) is 0 Å². The van der Waals surface area contributed by atoms with Crippen LogP contribution in [0.25, 0.3) is 44.7 Å². The molecular formula is C64H58. The summed E-state index contributed by atoms with van der Waals surface area (Å²) in [4.78, 5) is 0. The second kappa shape index (κ2) is 18.8. The van der Waals surface area contributed by atoms with Crippen LogP contribution in [0.1, 0.15) is 89.6 Å². The lowest BCUT2D eigenvalue weighted by Gasteiger charge is -2.35. The minimum atomic E-state index is -0.342. The van der Waals surface area contributed by atoms with Crippen LogP contribution >= 0.6 is 0 Å². The van der Waals surface area contributed by atoms with Gasteiger partial charge in [-0.2, -0.15) is 0 Å². The molecule has 8 aromatic rings. The molecule has 2 unspecified atom stereocenters. The average Bonchev–Trinajstić information content (AvgIpc) is 4.14. The van der Waals surface area contributed by atoms with Crippen molar-refractivity contribution in [3.8, 4) is 22.3 Å². The number of hydrogen-bond donors (Lipinski definition) is 0. The summed E-state index contributed by atoms with van der Waals surface area (Å²) in [5.41, 5.74) is 20.0. The van der Waals surface area contributed by atoms with Crippen LogP contribution in [0.5, 0.6) is 0 Å². The molecule has 3 atom stereocenters. The maximum atomic E-state index is 2.49. The van der Waals surface area contributed by atoms with Crippen molar-refractivity contribution >= 4 is 22.4 Å². The Balaban J connectivity index is 0.000000147. The third kappa shape index (κ3) is 8.41. The molecule has 8 aromatic carbocycles. The lowest BCUT2D eigenvalue weighted by Crippen LogP contribution is -2.29.